The number of Topliss-reactive ketones (excluding diaryl/α,β-unsaturated/α-hetero) is 1. The Labute approximate surface area is 132 Å². The minimum absolute atomic E-state index is 0.320. The molecular weight excluding hydrogens is 292 g/mol. The molecule has 0 saturated heterocycles. The standard InChI is InChI=1S/C16H14N6O/c1-21-10-12(9-18-21)14(23)13(8-17)16-20-19-15(22(16)2)11-6-4-3-5-7-11/h3-7,9-10,13H,1-2H3/t13-/m0/s1. The van der Waals surface area contributed by atoms with E-state index in [9.17, 15) is 10.1 Å². The number of ketones is 1. The van der Waals surface area contributed by atoms with Crippen LogP contribution in [0.5, 0.6) is 0 Å². The summed E-state index contributed by atoms with van der Waals surface area (Å²) in [5.74, 6) is -0.426. The highest BCUT2D eigenvalue weighted by molar-refractivity contribution is 6.02. The SMILES string of the molecule is Cn1cc(C(=O)[C@H](C#N)c2nnc(-c3ccccc3)n2C)cn1. The molecule has 0 amide bonds. The fraction of sp³-hybridized carbons (Fsp3) is 0.188. The normalized spacial score (nSPS) is 11.9. The van der Waals surface area contributed by atoms with Crippen LogP contribution >= 0.6 is 0 Å². The van der Waals surface area contributed by atoms with E-state index in [1.165, 1.54) is 10.9 Å². The van der Waals surface area contributed by atoms with E-state index < -0.39 is 5.92 Å². The van der Waals surface area contributed by atoms with Crippen molar-refractivity contribution in [3.63, 3.8) is 0 Å². The van der Waals surface area contributed by atoms with Crippen molar-refractivity contribution < 1.29 is 4.79 Å². The van der Waals surface area contributed by atoms with Crippen LogP contribution in [0.4, 0.5) is 0 Å². The summed E-state index contributed by atoms with van der Waals surface area (Å²) in [4.78, 5) is 12.5. The van der Waals surface area contributed by atoms with E-state index in [1.54, 1.807) is 24.9 Å². The van der Waals surface area contributed by atoms with Gasteiger partial charge < -0.3 is 4.57 Å². The van der Waals surface area contributed by atoms with Crippen LogP contribution in [-0.2, 0) is 14.1 Å². The van der Waals surface area contributed by atoms with E-state index in [2.05, 4.69) is 15.3 Å². The highest BCUT2D eigenvalue weighted by atomic mass is 16.1. The number of aryl methyl sites for hydroxylation is 1. The fourth-order valence-corrected chi connectivity index (χ4v) is 2.38. The largest absolute Gasteiger partial charge is 0.313 e. The monoisotopic (exact) mass is 306 g/mol. The van der Waals surface area contributed by atoms with Gasteiger partial charge in [0, 0.05) is 25.9 Å². The van der Waals surface area contributed by atoms with Gasteiger partial charge in [-0.05, 0) is 0 Å². The molecule has 1 aromatic carbocycles. The van der Waals surface area contributed by atoms with Gasteiger partial charge in [0.2, 0.25) is 0 Å². The first-order chi connectivity index (χ1) is 11.1. The third kappa shape index (κ3) is 2.62. The molecule has 0 aliphatic rings. The quantitative estimate of drug-likeness (QED) is 0.684. The first-order valence-electron chi connectivity index (χ1n) is 6.99. The van der Waals surface area contributed by atoms with Crippen LogP contribution in [0.3, 0.4) is 0 Å². The maximum absolute atomic E-state index is 12.5. The van der Waals surface area contributed by atoms with Crippen molar-refractivity contribution in [1.29, 1.82) is 5.26 Å². The molecule has 3 rings (SSSR count). The lowest BCUT2D eigenvalue weighted by Crippen LogP contribution is -2.15. The molecule has 0 saturated carbocycles. The van der Waals surface area contributed by atoms with Gasteiger partial charge in [-0.25, -0.2) is 0 Å². The smallest absolute Gasteiger partial charge is 0.190 e. The number of carbonyl (C=O) groups excluding carboxylic acids is 1. The second-order valence-electron chi connectivity index (χ2n) is 5.14. The van der Waals surface area contributed by atoms with Crippen molar-refractivity contribution in [3.8, 4) is 17.5 Å². The molecule has 2 aromatic heterocycles. The number of nitrogens with zero attached hydrogens (tertiary/aromatic N) is 6. The molecule has 0 aliphatic heterocycles. The van der Waals surface area contributed by atoms with Crippen LogP contribution in [0.25, 0.3) is 11.4 Å². The summed E-state index contributed by atoms with van der Waals surface area (Å²) < 4.78 is 3.20. The van der Waals surface area contributed by atoms with Gasteiger partial charge in [0.1, 0.15) is 0 Å². The molecule has 3 aromatic rings. The molecular formula is C16H14N6O. The molecule has 0 radical (unpaired) electrons. The summed E-state index contributed by atoms with van der Waals surface area (Å²) in [5, 5.41) is 21.6. The Kier molecular flexibility index (Phi) is 3.73. The molecule has 23 heavy (non-hydrogen) atoms. The lowest BCUT2D eigenvalue weighted by molar-refractivity contribution is 0.0975. The number of carbonyl (C=O) groups is 1. The van der Waals surface area contributed by atoms with Gasteiger partial charge in [0.25, 0.3) is 0 Å². The molecule has 0 spiro atoms. The second-order valence-corrected chi connectivity index (χ2v) is 5.14. The summed E-state index contributed by atoms with van der Waals surface area (Å²) in [6.07, 6.45) is 3.03. The summed E-state index contributed by atoms with van der Waals surface area (Å²) in [6, 6.07) is 11.5. The summed E-state index contributed by atoms with van der Waals surface area (Å²) >= 11 is 0. The molecule has 0 bridgehead atoms. The molecule has 0 aliphatic carbocycles. The average molecular weight is 306 g/mol. The Morgan fingerprint density at radius 3 is 2.57 bits per heavy atom. The fourth-order valence-electron chi connectivity index (χ4n) is 2.38. The number of aromatic nitrogens is 5. The highest BCUT2D eigenvalue weighted by Gasteiger charge is 2.28. The number of rotatable bonds is 4. The van der Waals surface area contributed by atoms with Gasteiger partial charge in [-0.2, -0.15) is 10.4 Å². The number of hydrogen-bond donors (Lipinski definition) is 0. The zero-order valence-corrected chi connectivity index (χ0v) is 12.7. The number of benzene rings is 1. The van der Waals surface area contributed by atoms with E-state index in [-0.39, 0.29) is 5.78 Å². The third-order valence-electron chi connectivity index (χ3n) is 3.58. The van der Waals surface area contributed by atoms with Crippen molar-refractivity contribution >= 4 is 5.78 Å². The van der Waals surface area contributed by atoms with Crippen molar-refractivity contribution in [2.24, 2.45) is 14.1 Å². The molecule has 7 heteroatoms. The van der Waals surface area contributed by atoms with Gasteiger partial charge in [0.15, 0.2) is 23.3 Å². The third-order valence-corrected chi connectivity index (χ3v) is 3.58. The zero-order chi connectivity index (χ0) is 16.4. The highest BCUT2D eigenvalue weighted by Crippen LogP contribution is 2.23. The first kappa shape index (κ1) is 14.7. The molecule has 0 fully saturated rings. The van der Waals surface area contributed by atoms with Crippen molar-refractivity contribution in [3.05, 3.63) is 54.1 Å². The molecule has 2 heterocycles. The molecule has 7 nitrogen and oxygen atoms in total. The zero-order valence-electron chi connectivity index (χ0n) is 12.7. The van der Waals surface area contributed by atoms with Crippen molar-refractivity contribution in [2.45, 2.75) is 5.92 Å². The second kappa shape index (κ2) is 5.85. The van der Waals surface area contributed by atoms with Crippen LogP contribution < -0.4 is 0 Å². The maximum atomic E-state index is 12.5. The van der Waals surface area contributed by atoms with Crippen LogP contribution in [-0.4, -0.2) is 30.3 Å². The Morgan fingerprint density at radius 2 is 1.96 bits per heavy atom. The summed E-state index contributed by atoms with van der Waals surface area (Å²) in [6.45, 7) is 0. The van der Waals surface area contributed by atoms with Crippen LogP contribution in [0.1, 0.15) is 22.1 Å². The lowest BCUT2D eigenvalue weighted by atomic mass is 10.0. The maximum Gasteiger partial charge on any atom is 0.190 e. The van der Waals surface area contributed by atoms with Gasteiger partial charge >= 0.3 is 0 Å². The van der Waals surface area contributed by atoms with Crippen LogP contribution in [0, 0.1) is 11.3 Å². The number of nitriles is 1. The van der Waals surface area contributed by atoms with Gasteiger partial charge in [-0.1, -0.05) is 30.3 Å². The Bertz CT molecular complexity index is 887. The van der Waals surface area contributed by atoms with Crippen molar-refractivity contribution in [1.82, 2.24) is 24.5 Å². The number of hydrogen-bond acceptors (Lipinski definition) is 5. The van der Waals surface area contributed by atoms with E-state index >= 15 is 0 Å². The Hall–Kier alpha value is -3.27. The minimum Gasteiger partial charge on any atom is -0.313 e. The van der Waals surface area contributed by atoms with Gasteiger partial charge in [-0.3, -0.25) is 9.48 Å². The van der Waals surface area contributed by atoms with E-state index in [1.807, 2.05) is 36.4 Å². The Morgan fingerprint density at radius 1 is 1.22 bits per heavy atom. The Balaban J connectivity index is 1.99. The van der Waals surface area contributed by atoms with Gasteiger partial charge in [-0.15, -0.1) is 10.2 Å². The summed E-state index contributed by atoms with van der Waals surface area (Å²) in [7, 11) is 3.46. The van der Waals surface area contributed by atoms with E-state index in [0.717, 1.165) is 5.56 Å². The van der Waals surface area contributed by atoms with Crippen molar-refractivity contribution in [2.75, 3.05) is 0 Å². The predicted molar refractivity (Wildman–Crippen MR) is 82.3 cm³/mol. The average Bonchev–Trinajstić information content (AvgIpc) is 3.16. The molecule has 0 N–H and O–H groups in total. The minimum atomic E-state index is -1.02. The predicted octanol–water partition coefficient (Wildman–Crippen LogP) is 1.71. The molecule has 114 valence electrons. The molecule has 0 unspecified atom stereocenters. The lowest BCUT2D eigenvalue weighted by Gasteiger charge is -2.07. The van der Waals surface area contributed by atoms with Gasteiger partial charge in [0.05, 0.1) is 17.8 Å². The van der Waals surface area contributed by atoms with E-state index in [0.29, 0.717) is 17.2 Å². The molecule has 1 atom stereocenters. The first-order valence-corrected chi connectivity index (χ1v) is 6.99. The topological polar surface area (TPSA) is 89.4 Å². The van der Waals surface area contributed by atoms with Crippen LogP contribution in [0.15, 0.2) is 42.7 Å². The summed E-state index contributed by atoms with van der Waals surface area (Å²) in [5.41, 5.74) is 1.25. The van der Waals surface area contributed by atoms with E-state index in [4.69, 9.17) is 0 Å². The van der Waals surface area contributed by atoms with Crippen LogP contribution in [0.2, 0.25) is 0 Å².